The van der Waals surface area contributed by atoms with E-state index in [4.69, 9.17) is 14.2 Å². The van der Waals surface area contributed by atoms with Crippen molar-refractivity contribution in [3.8, 4) is 5.75 Å². The van der Waals surface area contributed by atoms with E-state index in [1.807, 2.05) is 13.8 Å². The van der Waals surface area contributed by atoms with Crippen LogP contribution in [0.5, 0.6) is 5.75 Å². The van der Waals surface area contributed by atoms with Gasteiger partial charge in [0.2, 0.25) is 0 Å². The van der Waals surface area contributed by atoms with Gasteiger partial charge in [0, 0.05) is 13.1 Å². The molecule has 0 unspecified atom stereocenters. The van der Waals surface area contributed by atoms with Crippen molar-refractivity contribution in [1.82, 2.24) is 4.90 Å². The molecule has 2 atom stereocenters. The highest BCUT2D eigenvalue weighted by Gasteiger charge is 2.26. The summed E-state index contributed by atoms with van der Waals surface area (Å²) in [6.45, 7) is 4.57. The minimum absolute atomic E-state index is 0.0176. The molecule has 0 radical (unpaired) electrons. The van der Waals surface area contributed by atoms with Gasteiger partial charge in [-0.3, -0.25) is 4.79 Å². The van der Waals surface area contributed by atoms with Crippen molar-refractivity contribution < 1.29 is 23.8 Å². The molecule has 0 saturated carbocycles. The zero-order chi connectivity index (χ0) is 17.0. The predicted octanol–water partition coefficient (Wildman–Crippen LogP) is 2.25. The molecular weight excluding hydrogens is 366 g/mol. The van der Waals surface area contributed by atoms with Gasteiger partial charge in [-0.05, 0) is 48.0 Å². The number of carbonyl (C=O) groups excluding carboxylic acids is 2. The van der Waals surface area contributed by atoms with Gasteiger partial charge >= 0.3 is 5.97 Å². The largest absolute Gasteiger partial charge is 0.496 e. The third-order valence-electron chi connectivity index (χ3n) is 3.49. The van der Waals surface area contributed by atoms with Gasteiger partial charge < -0.3 is 19.1 Å². The maximum Gasteiger partial charge on any atom is 0.338 e. The summed E-state index contributed by atoms with van der Waals surface area (Å²) in [6, 6.07) is 4.85. The SMILES string of the molecule is COc1ccc(C(=O)OCC(=O)N2C[C@@H](C)O[C@H](C)C2)cc1Br. The van der Waals surface area contributed by atoms with E-state index in [0.717, 1.165) is 0 Å². The number of halogens is 1. The number of hydrogen-bond donors (Lipinski definition) is 0. The maximum absolute atomic E-state index is 12.2. The van der Waals surface area contributed by atoms with Crippen LogP contribution in [0.15, 0.2) is 22.7 Å². The van der Waals surface area contributed by atoms with Gasteiger partial charge in [0.25, 0.3) is 5.91 Å². The van der Waals surface area contributed by atoms with Gasteiger partial charge in [0.1, 0.15) is 5.75 Å². The number of carbonyl (C=O) groups is 2. The highest BCUT2D eigenvalue weighted by molar-refractivity contribution is 9.10. The fourth-order valence-corrected chi connectivity index (χ4v) is 3.02. The summed E-state index contributed by atoms with van der Waals surface area (Å²) in [7, 11) is 1.54. The third kappa shape index (κ3) is 4.68. The summed E-state index contributed by atoms with van der Waals surface area (Å²) in [4.78, 5) is 25.9. The fourth-order valence-electron chi connectivity index (χ4n) is 2.48. The summed E-state index contributed by atoms with van der Waals surface area (Å²) < 4.78 is 16.4. The van der Waals surface area contributed by atoms with Crippen molar-refractivity contribution in [3.63, 3.8) is 0 Å². The van der Waals surface area contributed by atoms with E-state index >= 15 is 0 Å². The van der Waals surface area contributed by atoms with Crippen molar-refractivity contribution >= 4 is 27.8 Å². The lowest BCUT2D eigenvalue weighted by molar-refractivity contribution is -0.146. The molecule has 1 amide bonds. The number of methoxy groups -OCH3 is 1. The fraction of sp³-hybridized carbons (Fsp3) is 0.500. The highest BCUT2D eigenvalue weighted by Crippen LogP contribution is 2.25. The van der Waals surface area contributed by atoms with Gasteiger partial charge in [-0.2, -0.15) is 0 Å². The Kier molecular flexibility index (Phi) is 6.01. The lowest BCUT2D eigenvalue weighted by atomic mass is 10.2. The molecule has 126 valence electrons. The number of hydrogen-bond acceptors (Lipinski definition) is 5. The van der Waals surface area contributed by atoms with E-state index in [9.17, 15) is 9.59 Å². The summed E-state index contributed by atoms with van der Waals surface area (Å²) in [5, 5.41) is 0. The van der Waals surface area contributed by atoms with Crippen molar-refractivity contribution in [3.05, 3.63) is 28.2 Å². The zero-order valence-electron chi connectivity index (χ0n) is 13.4. The molecular formula is C16H20BrNO5. The van der Waals surface area contributed by atoms with Gasteiger partial charge in [0.05, 0.1) is 29.4 Å². The van der Waals surface area contributed by atoms with Crippen LogP contribution in [0.3, 0.4) is 0 Å². The first kappa shape index (κ1) is 17.7. The average Bonchev–Trinajstić information content (AvgIpc) is 2.51. The van der Waals surface area contributed by atoms with Crippen LogP contribution in [0, 0.1) is 0 Å². The molecule has 1 aliphatic rings. The summed E-state index contributed by atoms with van der Waals surface area (Å²) in [6.07, 6.45) is -0.0353. The van der Waals surface area contributed by atoms with Crippen LogP contribution in [0.2, 0.25) is 0 Å². The standard InChI is InChI=1S/C16H20BrNO5/c1-10-7-18(8-11(2)23-10)15(19)9-22-16(20)12-4-5-14(21-3)13(17)6-12/h4-6,10-11H,7-9H2,1-3H3/t10-,11-/m1/s1. The number of morpholine rings is 1. The topological polar surface area (TPSA) is 65.1 Å². The van der Waals surface area contributed by atoms with E-state index in [-0.39, 0.29) is 24.7 Å². The molecule has 1 saturated heterocycles. The van der Waals surface area contributed by atoms with E-state index < -0.39 is 5.97 Å². The molecule has 1 fully saturated rings. The van der Waals surface area contributed by atoms with Crippen LogP contribution < -0.4 is 4.74 Å². The lowest BCUT2D eigenvalue weighted by Gasteiger charge is -2.35. The van der Waals surface area contributed by atoms with Crippen molar-refractivity contribution in [2.24, 2.45) is 0 Å². The molecule has 0 spiro atoms. The van der Waals surface area contributed by atoms with Crippen molar-refractivity contribution in [2.45, 2.75) is 26.1 Å². The maximum atomic E-state index is 12.2. The summed E-state index contributed by atoms with van der Waals surface area (Å²) in [5.41, 5.74) is 0.356. The number of nitrogens with zero attached hydrogens (tertiary/aromatic N) is 1. The van der Waals surface area contributed by atoms with E-state index in [2.05, 4.69) is 15.9 Å². The molecule has 0 aromatic heterocycles. The lowest BCUT2D eigenvalue weighted by Crippen LogP contribution is -2.49. The van der Waals surface area contributed by atoms with Crippen molar-refractivity contribution in [1.29, 1.82) is 0 Å². The molecule has 0 N–H and O–H groups in total. The van der Waals surface area contributed by atoms with Gasteiger partial charge in [-0.1, -0.05) is 0 Å². The van der Waals surface area contributed by atoms with Crippen LogP contribution in [0.1, 0.15) is 24.2 Å². The van der Waals surface area contributed by atoms with Gasteiger partial charge in [-0.25, -0.2) is 4.79 Å². The smallest absolute Gasteiger partial charge is 0.338 e. The second-order valence-corrected chi connectivity index (χ2v) is 6.34. The van der Waals surface area contributed by atoms with Crippen LogP contribution in [-0.4, -0.2) is 55.8 Å². The molecule has 7 heteroatoms. The Morgan fingerprint density at radius 1 is 1.30 bits per heavy atom. The Morgan fingerprint density at radius 3 is 2.52 bits per heavy atom. The van der Waals surface area contributed by atoms with Crippen LogP contribution in [0.25, 0.3) is 0 Å². The quantitative estimate of drug-likeness (QED) is 0.743. The predicted molar refractivity (Wildman–Crippen MR) is 87.6 cm³/mol. The van der Waals surface area contributed by atoms with E-state index in [1.54, 1.807) is 30.2 Å². The highest BCUT2D eigenvalue weighted by atomic mass is 79.9. The molecule has 1 aromatic rings. The zero-order valence-corrected chi connectivity index (χ0v) is 15.0. The second-order valence-electron chi connectivity index (χ2n) is 5.48. The summed E-state index contributed by atoms with van der Waals surface area (Å²) in [5.74, 6) is -0.141. The normalized spacial score (nSPS) is 21.0. The number of benzene rings is 1. The molecule has 2 rings (SSSR count). The Balaban J connectivity index is 1.91. The first-order chi connectivity index (χ1) is 10.9. The first-order valence-electron chi connectivity index (χ1n) is 7.34. The molecule has 0 aliphatic carbocycles. The number of esters is 1. The van der Waals surface area contributed by atoms with Gasteiger partial charge in [-0.15, -0.1) is 0 Å². The molecule has 6 nitrogen and oxygen atoms in total. The Bertz CT molecular complexity index is 582. The summed E-state index contributed by atoms with van der Waals surface area (Å²) >= 11 is 3.31. The Hall–Kier alpha value is -1.60. The first-order valence-corrected chi connectivity index (χ1v) is 8.14. The molecule has 1 aromatic carbocycles. The average molecular weight is 386 g/mol. The molecule has 1 aliphatic heterocycles. The van der Waals surface area contributed by atoms with Crippen LogP contribution in [0.4, 0.5) is 0 Å². The Labute approximate surface area is 143 Å². The third-order valence-corrected chi connectivity index (χ3v) is 4.11. The van der Waals surface area contributed by atoms with Crippen LogP contribution in [-0.2, 0) is 14.3 Å². The number of ether oxygens (including phenoxy) is 3. The van der Waals surface area contributed by atoms with Crippen molar-refractivity contribution in [2.75, 3.05) is 26.8 Å². The Morgan fingerprint density at radius 2 is 1.96 bits per heavy atom. The minimum atomic E-state index is -0.545. The molecule has 1 heterocycles. The number of amides is 1. The molecule has 23 heavy (non-hydrogen) atoms. The van der Waals surface area contributed by atoms with E-state index in [1.165, 1.54) is 0 Å². The van der Waals surface area contributed by atoms with Crippen LogP contribution >= 0.6 is 15.9 Å². The number of rotatable bonds is 4. The van der Waals surface area contributed by atoms with E-state index in [0.29, 0.717) is 28.9 Å². The molecule has 0 bridgehead atoms. The monoisotopic (exact) mass is 385 g/mol. The minimum Gasteiger partial charge on any atom is -0.496 e. The second kappa shape index (κ2) is 7.79. The van der Waals surface area contributed by atoms with Gasteiger partial charge in [0.15, 0.2) is 6.61 Å².